The molecule has 5 aromatic carbocycles. The third-order valence-corrected chi connectivity index (χ3v) is 8.15. The van der Waals surface area contributed by atoms with Crippen molar-refractivity contribution in [3.63, 3.8) is 0 Å². The molecule has 0 unspecified atom stereocenters. The van der Waals surface area contributed by atoms with Gasteiger partial charge in [-0.25, -0.2) is 4.98 Å². The molecule has 0 aliphatic carbocycles. The summed E-state index contributed by atoms with van der Waals surface area (Å²) in [6, 6.07) is 49.7. The van der Waals surface area contributed by atoms with Crippen molar-refractivity contribution in [1.29, 1.82) is 0 Å². The van der Waals surface area contributed by atoms with Crippen LogP contribution in [-0.4, -0.2) is 12.1 Å². The zero-order chi connectivity index (χ0) is 27.3. The summed E-state index contributed by atoms with van der Waals surface area (Å²) in [5.41, 5.74) is 11.9. The molecule has 0 atom stereocenters. The van der Waals surface area contributed by atoms with Gasteiger partial charge in [-0.15, -0.1) is 0 Å². The van der Waals surface area contributed by atoms with Gasteiger partial charge in [0.1, 0.15) is 5.82 Å². The molecule has 4 nitrogen and oxygen atoms in total. The molecule has 0 amide bonds. The highest BCUT2D eigenvalue weighted by Crippen LogP contribution is 2.58. The Morgan fingerprint density at radius 2 is 1.02 bits per heavy atom. The van der Waals surface area contributed by atoms with Crippen molar-refractivity contribution in [2.24, 2.45) is 0 Å². The number of nitrogens with zero attached hydrogens (tertiary/aromatic N) is 4. The fraction of sp³-hybridized carbons (Fsp3) is 0.0278. The van der Waals surface area contributed by atoms with Crippen LogP contribution in [0.2, 0.25) is 0 Å². The Kier molecular flexibility index (Phi) is 5.42. The summed E-state index contributed by atoms with van der Waals surface area (Å²) in [6.45, 7) is 2.19. The van der Waals surface area contributed by atoms with Gasteiger partial charge in [-0.3, -0.25) is 0 Å². The monoisotopic (exact) mass is 526 g/mol. The normalized spacial score (nSPS) is 13.3. The number of benzene rings is 5. The van der Waals surface area contributed by atoms with Crippen LogP contribution in [0.15, 0.2) is 146 Å². The minimum Gasteiger partial charge on any atom is -0.342 e. The second kappa shape index (κ2) is 9.42. The number of aromatic nitrogens is 1. The Morgan fingerprint density at radius 3 is 1.66 bits per heavy atom. The van der Waals surface area contributed by atoms with Crippen molar-refractivity contribution in [3.8, 4) is 22.3 Å². The van der Waals surface area contributed by atoms with Crippen LogP contribution in [0, 0.1) is 6.92 Å². The summed E-state index contributed by atoms with van der Waals surface area (Å²) in [6.07, 6.45) is 1.88. The molecule has 194 valence electrons. The summed E-state index contributed by atoms with van der Waals surface area (Å²) in [4.78, 5) is 12.3. The molecule has 3 heterocycles. The first-order valence-corrected chi connectivity index (χ1v) is 14.0. The molecule has 0 N–H and O–H groups in total. The van der Waals surface area contributed by atoms with Crippen molar-refractivity contribution in [1.82, 2.24) is 4.98 Å². The maximum Gasteiger partial charge on any atom is 0.520 e. The van der Waals surface area contributed by atoms with Crippen molar-refractivity contribution in [2.75, 3.05) is 14.4 Å². The molecule has 5 heteroatoms. The van der Waals surface area contributed by atoms with E-state index in [0.717, 1.165) is 5.82 Å². The zero-order valence-corrected chi connectivity index (χ0v) is 22.7. The van der Waals surface area contributed by atoms with Crippen LogP contribution in [0.25, 0.3) is 22.3 Å². The topological polar surface area (TPSA) is 22.6 Å². The van der Waals surface area contributed by atoms with Gasteiger partial charge in [-0.05, 0) is 53.9 Å². The Balaban J connectivity index is 1.46. The Hall–Kier alpha value is -5.29. The van der Waals surface area contributed by atoms with Crippen LogP contribution in [0.5, 0.6) is 0 Å². The van der Waals surface area contributed by atoms with Crippen LogP contribution in [0.1, 0.15) is 5.56 Å². The van der Waals surface area contributed by atoms with Gasteiger partial charge in [-0.1, -0.05) is 109 Å². The van der Waals surface area contributed by atoms with E-state index in [9.17, 15) is 0 Å². The molecular formula is C36H27BN4. The molecule has 41 heavy (non-hydrogen) atoms. The molecule has 0 fully saturated rings. The van der Waals surface area contributed by atoms with E-state index in [0.29, 0.717) is 0 Å². The Morgan fingerprint density at radius 1 is 0.463 bits per heavy atom. The third-order valence-electron chi connectivity index (χ3n) is 8.15. The molecule has 0 radical (unpaired) electrons. The molecule has 0 saturated heterocycles. The molecule has 0 spiro atoms. The van der Waals surface area contributed by atoms with E-state index < -0.39 is 0 Å². The van der Waals surface area contributed by atoms with E-state index in [1.54, 1.807) is 0 Å². The predicted molar refractivity (Wildman–Crippen MR) is 171 cm³/mol. The molecular weight excluding hydrogens is 499 g/mol. The second-order valence-corrected chi connectivity index (χ2v) is 10.5. The van der Waals surface area contributed by atoms with Gasteiger partial charge in [0.2, 0.25) is 0 Å². The molecule has 2 aliphatic rings. The Labute approximate surface area is 240 Å². The van der Waals surface area contributed by atoms with Gasteiger partial charge in [0.25, 0.3) is 0 Å². The van der Waals surface area contributed by atoms with Gasteiger partial charge in [0.05, 0.1) is 22.7 Å². The highest BCUT2D eigenvalue weighted by Gasteiger charge is 2.55. The average Bonchev–Trinajstić information content (AvgIpc) is 3.56. The summed E-state index contributed by atoms with van der Waals surface area (Å²) in [5.74, 6) is 0.923. The lowest BCUT2D eigenvalue weighted by Gasteiger charge is -2.34. The van der Waals surface area contributed by atoms with Gasteiger partial charge in [-0.2, -0.15) is 0 Å². The Bertz CT molecular complexity index is 1820. The van der Waals surface area contributed by atoms with Crippen molar-refractivity contribution in [2.45, 2.75) is 6.92 Å². The van der Waals surface area contributed by atoms with Gasteiger partial charge < -0.3 is 14.4 Å². The summed E-state index contributed by atoms with van der Waals surface area (Å²) < 4.78 is 0. The minimum atomic E-state index is -0.175. The lowest BCUT2D eigenvalue weighted by Crippen LogP contribution is -2.52. The summed E-state index contributed by atoms with van der Waals surface area (Å²) >= 11 is 0. The maximum absolute atomic E-state index is 4.89. The second-order valence-electron chi connectivity index (χ2n) is 10.5. The smallest absolute Gasteiger partial charge is 0.342 e. The molecule has 2 aliphatic heterocycles. The van der Waals surface area contributed by atoms with Crippen LogP contribution in [0.3, 0.4) is 0 Å². The van der Waals surface area contributed by atoms with E-state index >= 15 is 0 Å². The van der Waals surface area contributed by atoms with E-state index in [-0.39, 0.29) is 7.12 Å². The minimum absolute atomic E-state index is 0.175. The average molecular weight is 526 g/mol. The lowest BCUT2D eigenvalue weighted by atomic mass is 9.83. The fourth-order valence-corrected chi connectivity index (χ4v) is 6.46. The van der Waals surface area contributed by atoms with Gasteiger partial charge in [0.15, 0.2) is 0 Å². The van der Waals surface area contributed by atoms with Crippen LogP contribution in [0.4, 0.5) is 34.3 Å². The number of hydrogen-bond donors (Lipinski definition) is 0. The number of aryl methyl sites for hydroxylation is 1. The van der Waals surface area contributed by atoms with E-state index in [1.807, 2.05) is 12.3 Å². The molecule has 0 saturated carbocycles. The SMILES string of the molecule is Cc1cccc2c1N(c1ccccn1)B1N2c2ccccc2N1c1c(-c2ccccc2)cccc1-c1ccccc1. The fourth-order valence-electron chi connectivity index (χ4n) is 6.46. The largest absolute Gasteiger partial charge is 0.520 e. The zero-order valence-electron chi connectivity index (χ0n) is 22.7. The highest BCUT2D eigenvalue weighted by atomic mass is 15.5. The quantitative estimate of drug-likeness (QED) is 0.214. The first-order chi connectivity index (χ1) is 20.3. The van der Waals surface area contributed by atoms with Crippen LogP contribution >= 0.6 is 0 Å². The first-order valence-electron chi connectivity index (χ1n) is 14.0. The van der Waals surface area contributed by atoms with Crippen LogP contribution < -0.4 is 14.4 Å². The predicted octanol–water partition coefficient (Wildman–Crippen LogP) is 9.15. The van der Waals surface area contributed by atoms with Gasteiger partial charge >= 0.3 is 7.12 Å². The van der Waals surface area contributed by atoms with E-state index in [4.69, 9.17) is 4.98 Å². The van der Waals surface area contributed by atoms with Gasteiger partial charge in [0, 0.05) is 23.0 Å². The van der Waals surface area contributed by atoms with Crippen molar-refractivity contribution in [3.05, 3.63) is 151 Å². The third kappa shape index (κ3) is 3.59. The van der Waals surface area contributed by atoms with Crippen molar-refractivity contribution < 1.29 is 0 Å². The van der Waals surface area contributed by atoms with Crippen LogP contribution in [-0.2, 0) is 0 Å². The number of pyridine rings is 1. The van der Waals surface area contributed by atoms with E-state index in [2.05, 4.69) is 155 Å². The first kappa shape index (κ1) is 23.6. The number of hydrogen-bond acceptors (Lipinski definition) is 4. The number of rotatable bonds is 4. The maximum atomic E-state index is 4.89. The number of para-hydroxylation sites is 4. The molecule has 1 aromatic heterocycles. The standard InChI is InChI=1S/C36H27BN4/c1-26-14-12-23-33-35(26)41(34-24-10-11-25-38-34)37-39(33)31-21-8-9-22-32(31)40(37)36-29(27-15-4-2-5-16-27)19-13-20-30(36)28-17-6-3-7-18-28/h2-25H,1H3. The molecule has 8 rings (SSSR count). The molecule has 0 bridgehead atoms. The lowest BCUT2D eigenvalue weighted by molar-refractivity contribution is 1.21. The summed E-state index contributed by atoms with van der Waals surface area (Å²) in [7, 11) is -0.175. The number of anilines is 6. The summed E-state index contributed by atoms with van der Waals surface area (Å²) in [5, 5.41) is 0. The number of fused-ring (bicyclic) bond motifs is 5. The highest BCUT2D eigenvalue weighted by molar-refractivity contribution is 6.80. The molecule has 6 aromatic rings. The van der Waals surface area contributed by atoms with E-state index in [1.165, 1.54) is 56.3 Å². The van der Waals surface area contributed by atoms with Crippen molar-refractivity contribution >= 4 is 41.4 Å².